The number of aromatic nitrogens is 5. The van der Waals surface area contributed by atoms with Crippen LogP contribution < -0.4 is 11.2 Å². The Morgan fingerprint density at radius 2 is 1.92 bits per heavy atom. The highest BCUT2D eigenvalue weighted by molar-refractivity contribution is 5.75. The van der Waals surface area contributed by atoms with E-state index in [2.05, 4.69) is 33.3 Å². The van der Waals surface area contributed by atoms with Gasteiger partial charge in [-0.1, -0.05) is 0 Å². The molecule has 0 aromatic carbocycles. The van der Waals surface area contributed by atoms with Crippen LogP contribution in [0.5, 0.6) is 0 Å². The van der Waals surface area contributed by atoms with Gasteiger partial charge in [-0.15, -0.1) is 0 Å². The van der Waals surface area contributed by atoms with Crippen molar-refractivity contribution < 1.29 is 4.74 Å². The molecular formula is C17H24N6O3. The number of aryl methyl sites for hydroxylation is 2. The quantitative estimate of drug-likeness (QED) is 0.715. The molecule has 0 radical (unpaired) electrons. The molecule has 9 heteroatoms. The number of rotatable bonds is 3. The van der Waals surface area contributed by atoms with Crippen LogP contribution in [0.4, 0.5) is 0 Å². The Morgan fingerprint density at radius 1 is 1.23 bits per heavy atom. The van der Waals surface area contributed by atoms with Gasteiger partial charge in [0.25, 0.3) is 5.56 Å². The van der Waals surface area contributed by atoms with Crippen molar-refractivity contribution in [2.75, 3.05) is 19.6 Å². The number of nitrogens with one attached hydrogen (secondary N) is 1. The number of H-pyrrole nitrogens is 1. The highest BCUT2D eigenvalue weighted by atomic mass is 16.5. The SMILES string of the molecule is Cc1cn2c3c(=O)[nH]c(=O)n(C)c3nc2n1CCN1C[C@H](C)O[C@@H](C)C1. The van der Waals surface area contributed by atoms with Gasteiger partial charge >= 0.3 is 5.69 Å². The smallest absolute Gasteiger partial charge is 0.329 e. The highest BCUT2D eigenvalue weighted by Gasteiger charge is 2.23. The summed E-state index contributed by atoms with van der Waals surface area (Å²) in [6.07, 6.45) is 2.35. The van der Waals surface area contributed by atoms with Crippen LogP contribution in [0.3, 0.4) is 0 Å². The minimum atomic E-state index is -0.456. The van der Waals surface area contributed by atoms with Crippen LogP contribution in [0.1, 0.15) is 19.5 Å². The summed E-state index contributed by atoms with van der Waals surface area (Å²) in [7, 11) is 1.61. The number of hydrogen-bond acceptors (Lipinski definition) is 5. The third-order valence-corrected chi connectivity index (χ3v) is 5.05. The van der Waals surface area contributed by atoms with E-state index in [1.807, 2.05) is 13.1 Å². The van der Waals surface area contributed by atoms with Gasteiger partial charge in [-0.25, -0.2) is 4.79 Å². The second kappa shape index (κ2) is 6.10. The number of fused-ring (bicyclic) bond motifs is 3. The van der Waals surface area contributed by atoms with Gasteiger partial charge < -0.3 is 9.30 Å². The molecule has 3 aromatic rings. The lowest BCUT2D eigenvalue weighted by atomic mass is 10.2. The average Bonchev–Trinajstić information content (AvgIpc) is 3.05. The Morgan fingerprint density at radius 3 is 2.62 bits per heavy atom. The summed E-state index contributed by atoms with van der Waals surface area (Å²) in [6.45, 7) is 9.64. The molecule has 2 atom stereocenters. The van der Waals surface area contributed by atoms with Crippen molar-refractivity contribution in [3.8, 4) is 0 Å². The molecule has 4 rings (SSSR count). The lowest BCUT2D eigenvalue weighted by Crippen LogP contribution is -2.46. The van der Waals surface area contributed by atoms with Gasteiger partial charge in [0, 0.05) is 45.1 Å². The van der Waals surface area contributed by atoms with Crippen molar-refractivity contribution in [3.63, 3.8) is 0 Å². The molecule has 0 saturated carbocycles. The van der Waals surface area contributed by atoms with Crippen LogP contribution in [0.2, 0.25) is 0 Å². The van der Waals surface area contributed by atoms with E-state index in [0.717, 1.165) is 31.9 Å². The summed E-state index contributed by atoms with van der Waals surface area (Å²) in [6, 6.07) is 0. The number of ether oxygens (including phenoxy) is 1. The molecule has 0 unspecified atom stereocenters. The molecule has 1 aliphatic rings. The molecule has 1 N–H and O–H groups in total. The maximum absolute atomic E-state index is 12.3. The fraction of sp³-hybridized carbons (Fsp3) is 0.588. The molecule has 3 aromatic heterocycles. The third-order valence-electron chi connectivity index (χ3n) is 5.05. The first kappa shape index (κ1) is 17.0. The summed E-state index contributed by atoms with van der Waals surface area (Å²) >= 11 is 0. The summed E-state index contributed by atoms with van der Waals surface area (Å²) < 4.78 is 11.0. The predicted octanol–water partition coefficient (Wildman–Crippen LogP) is 0.0936. The van der Waals surface area contributed by atoms with Gasteiger partial charge in [0.05, 0.1) is 12.2 Å². The monoisotopic (exact) mass is 360 g/mol. The van der Waals surface area contributed by atoms with Gasteiger partial charge in [0.15, 0.2) is 11.2 Å². The van der Waals surface area contributed by atoms with Gasteiger partial charge in [-0.05, 0) is 20.8 Å². The first-order valence-corrected chi connectivity index (χ1v) is 8.90. The molecule has 1 aliphatic heterocycles. The van der Waals surface area contributed by atoms with Crippen LogP contribution >= 0.6 is 0 Å². The zero-order valence-electron chi connectivity index (χ0n) is 15.5. The van der Waals surface area contributed by atoms with E-state index < -0.39 is 11.2 Å². The maximum Gasteiger partial charge on any atom is 0.329 e. The molecule has 0 amide bonds. The van der Waals surface area contributed by atoms with E-state index in [1.165, 1.54) is 4.57 Å². The van der Waals surface area contributed by atoms with Gasteiger partial charge in [0.2, 0.25) is 5.78 Å². The first-order valence-electron chi connectivity index (χ1n) is 8.90. The highest BCUT2D eigenvalue weighted by Crippen LogP contribution is 2.17. The number of hydrogen-bond donors (Lipinski definition) is 1. The second-order valence-corrected chi connectivity index (χ2v) is 7.21. The Labute approximate surface area is 149 Å². The fourth-order valence-electron chi connectivity index (χ4n) is 3.90. The Hall–Kier alpha value is -2.39. The normalized spacial score (nSPS) is 21.8. The van der Waals surface area contributed by atoms with Gasteiger partial charge in [-0.2, -0.15) is 4.98 Å². The lowest BCUT2D eigenvalue weighted by molar-refractivity contribution is -0.0685. The van der Waals surface area contributed by atoms with E-state index in [1.54, 1.807) is 11.4 Å². The molecule has 0 bridgehead atoms. The van der Waals surface area contributed by atoms with Crippen LogP contribution in [-0.2, 0) is 18.3 Å². The molecule has 1 saturated heterocycles. The third kappa shape index (κ3) is 2.67. The van der Waals surface area contributed by atoms with E-state index in [-0.39, 0.29) is 12.2 Å². The van der Waals surface area contributed by atoms with Crippen molar-refractivity contribution in [1.29, 1.82) is 0 Å². The number of nitrogens with zero attached hydrogens (tertiary/aromatic N) is 5. The maximum atomic E-state index is 12.3. The van der Waals surface area contributed by atoms with Crippen molar-refractivity contribution in [2.24, 2.45) is 7.05 Å². The molecule has 0 aliphatic carbocycles. The largest absolute Gasteiger partial charge is 0.373 e. The molecule has 140 valence electrons. The van der Waals surface area contributed by atoms with Crippen molar-refractivity contribution in [2.45, 2.75) is 39.5 Å². The fourth-order valence-corrected chi connectivity index (χ4v) is 3.90. The van der Waals surface area contributed by atoms with E-state index in [0.29, 0.717) is 16.9 Å². The molecule has 9 nitrogen and oxygen atoms in total. The minimum Gasteiger partial charge on any atom is -0.373 e. The summed E-state index contributed by atoms with van der Waals surface area (Å²) in [4.78, 5) is 33.4. The van der Waals surface area contributed by atoms with E-state index >= 15 is 0 Å². The Kier molecular flexibility index (Phi) is 4.00. The van der Waals surface area contributed by atoms with Crippen LogP contribution in [0, 0.1) is 6.92 Å². The molecule has 0 spiro atoms. The topological polar surface area (TPSA) is 89.6 Å². The zero-order chi connectivity index (χ0) is 18.6. The van der Waals surface area contributed by atoms with Crippen LogP contribution in [-0.4, -0.2) is 60.2 Å². The van der Waals surface area contributed by atoms with Crippen LogP contribution in [0.25, 0.3) is 16.9 Å². The average molecular weight is 360 g/mol. The number of imidazole rings is 2. The lowest BCUT2D eigenvalue weighted by Gasteiger charge is -2.35. The zero-order valence-corrected chi connectivity index (χ0v) is 15.5. The van der Waals surface area contributed by atoms with Crippen LogP contribution in [0.15, 0.2) is 15.8 Å². The number of aromatic amines is 1. The summed E-state index contributed by atoms with van der Waals surface area (Å²) in [5, 5.41) is 0. The Bertz CT molecular complexity index is 1080. The van der Waals surface area contributed by atoms with Crippen molar-refractivity contribution in [3.05, 3.63) is 32.7 Å². The summed E-state index contributed by atoms with van der Waals surface area (Å²) in [5.74, 6) is 0.679. The summed E-state index contributed by atoms with van der Waals surface area (Å²) in [5.41, 5.74) is 0.956. The number of morpholine rings is 1. The molecule has 1 fully saturated rings. The molecular weight excluding hydrogens is 336 g/mol. The van der Waals surface area contributed by atoms with E-state index in [4.69, 9.17) is 4.74 Å². The van der Waals surface area contributed by atoms with Gasteiger partial charge in [-0.3, -0.25) is 23.6 Å². The van der Waals surface area contributed by atoms with E-state index in [9.17, 15) is 9.59 Å². The Balaban J connectivity index is 1.71. The first-order chi connectivity index (χ1) is 12.3. The molecule has 26 heavy (non-hydrogen) atoms. The van der Waals surface area contributed by atoms with Crippen molar-refractivity contribution in [1.82, 2.24) is 28.4 Å². The standard InChI is InChI=1S/C17H24N6O3/c1-10-7-23-13-14(20(4)17(25)19-15(13)24)18-16(23)22(10)6-5-21-8-11(2)26-12(3)9-21/h7,11-12H,5-6,8-9H2,1-4H3,(H,19,24,25)/t11-,12-/m0/s1. The van der Waals surface area contributed by atoms with Crippen molar-refractivity contribution >= 4 is 16.9 Å². The molecule has 4 heterocycles. The van der Waals surface area contributed by atoms with Gasteiger partial charge in [0.1, 0.15) is 0 Å². The minimum absolute atomic E-state index is 0.228. The predicted molar refractivity (Wildman–Crippen MR) is 97.7 cm³/mol. The second-order valence-electron chi connectivity index (χ2n) is 7.21.